The molecule has 0 saturated heterocycles. The van der Waals surface area contributed by atoms with Crippen molar-refractivity contribution in [3.63, 3.8) is 0 Å². The van der Waals surface area contributed by atoms with E-state index in [1.807, 2.05) is 0 Å². The first-order chi connectivity index (χ1) is 5.22. The Morgan fingerprint density at radius 3 is 2.45 bits per heavy atom. The van der Waals surface area contributed by atoms with E-state index in [9.17, 15) is 4.79 Å². The molecule has 0 heterocycles. The molecule has 0 rings (SSSR count). The summed E-state index contributed by atoms with van der Waals surface area (Å²) in [4.78, 5) is 10.9. The predicted octanol–water partition coefficient (Wildman–Crippen LogP) is 2.65. The van der Waals surface area contributed by atoms with Crippen molar-refractivity contribution >= 4 is 5.78 Å². The fourth-order valence-electron chi connectivity index (χ4n) is 0.777. The van der Waals surface area contributed by atoms with Crippen molar-refractivity contribution in [1.82, 2.24) is 0 Å². The van der Waals surface area contributed by atoms with Gasteiger partial charge in [-0.2, -0.15) is 0 Å². The Hall–Kier alpha value is -1.11. The quantitative estimate of drug-likeness (QED) is 0.334. The van der Waals surface area contributed by atoms with Crippen LogP contribution < -0.4 is 0 Å². The molecule has 0 aromatic rings. The zero-order valence-electron chi connectivity index (χ0n) is 6.97. The number of hydrogen-bond acceptors (Lipinski definition) is 1. The van der Waals surface area contributed by atoms with Crippen LogP contribution in [0.5, 0.6) is 0 Å². The van der Waals surface area contributed by atoms with E-state index < -0.39 is 0 Å². The highest BCUT2D eigenvalue weighted by molar-refractivity contribution is 5.93. The normalized spacial score (nSPS) is 10.8. The lowest BCUT2D eigenvalue weighted by Gasteiger charge is -1.97. The number of allylic oxidation sites excluding steroid dienone is 4. The molecule has 0 N–H and O–H groups in total. The Balaban J connectivity index is 4.10. The summed E-state index contributed by atoms with van der Waals surface area (Å²) in [6.45, 7) is 8.69. The van der Waals surface area contributed by atoms with Crippen LogP contribution in [0.2, 0.25) is 0 Å². The molecule has 0 saturated carbocycles. The molecular weight excluding hydrogens is 136 g/mol. The molecule has 0 aromatic heterocycles. The molecule has 0 aromatic carbocycles. The van der Waals surface area contributed by atoms with Gasteiger partial charge in [-0.1, -0.05) is 24.8 Å². The van der Waals surface area contributed by atoms with Crippen molar-refractivity contribution in [1.29, 1.82) is 0 Å². The second-order valence-electron chi connectivity index (χ2n) is 2.31. The van der Waals surface area contributed by atoms with Crippen molar-refractivity contribution < 1.29 is 4.79 Å². The van der Waals surface area contributed by atoms with E-state index in [4.69, 9.17) is 0 Å². The van der Waals surface area contributed by atoms with Crippen LogP contribution in [0.1, 0.15) is 19.8 Å². The maximum absolute atomic E-state index is 10.9. The number of hydrogen-bond donors (Lipinski definition) is 0. The molecule has 60 valence electrons. The molecule has 1 nitrogen and oxygen atoms in total. The standard InChI is InChI=1S/C10H14O/c1-4-6-8-10(7-5-2)9(3)11/h4-5,7H,1-2,6,8H2,3H3/b10-7+. The maximum atomic E-state index is 10.9. The van der Waals surface area contributed by atoms with Crippen molar-refractivity contribution in [2.45, 2.75) is 19.8 Å². The van der Waals surface area contributed by atoms with Gasteiger partial charge >= 0.3 is 0 Å². The minimum Gasteiger partial charge on any atom is -0.295 e. The third-order valence-corrected chi connectivity index (χ3v) is 1.39. The van der Waals surface area contributed by atoms with Gasteiger partial charge in [-0.3, -0.25) is 4.79 Å². The van der Waals surface area contributed by atoms with E-state index in [2.05, 4.69) is 13.2 Å². The third-order valence-electron chi connectivity index (χ3n) is 1.39. The number of ketones is 1. The van der Waals surface area contributed by atoms with Gasteiger partial charge in [0.1, 0.15) is 0 Å². The number of carbonyl (C=O) groups excluding carboxylic acids is 1. The average molecular weight is 150 g/mol. The molecule has 0 spiro atoms. The van der Waals surface area contributed by atoms with E-state index in [0.717, 1.165) is 18.4 Å². The number of carbonyl (C=O) groups is 1. The Kier molecular flexibility index (Phi) is 5.09. The van der Waals surface area contributed by atoms with Crippen LogP contribution in [0.25, 0.3) is 0 Å². The average Bonchev–Trinajstić information content (AvgIpc) is 1.97. The molecule has 0 fully saturated rings. The summed E-state index contributed by atoms with van der Waals surface area (Å²) in [7, 11) is 0. The molecular formula is C10H14O. The van der Waals surface area contributed by atoms with Crippen LogP contribution in [-0.2, 0) is 4.79 Å². The Bertz CT molecular complexity index is 187. The van der Waals surface area contributed by atoms with Crippen LogP contribution in [0.3, 0.4) is 0 Å². The fourth-order valence-corrected chi connectivity index (χ4v) is 0.777. The zero-order valence-corrected chi connectivity index (χ0v) is 6.97. The Morgan fingerprint density at radius 1 is 1.45 bits per heavy atom. The van der Waals surface area contributed by atoms with Crippen LogP contribution in [0.15, 0.2) is 37.0 Å². The van der Waals surface area contributed by atoms with E-state index in [-0.39, 0.29) is 5.78 Å². The second kappa shape index (κ2) is 5.66. The van der Waals surface area contributed by atoms with Gasteiger partial charge in [-0.05, 0) is 25.3 Å². The van der Waals surface area contributed by atoms with Gasteiger partial charge in [-0.25, -0.2) is 0 Å². The second-order valence-corrected chi connectivity index (χ2v) is 2.31. The van der Waals surface area contributed by atoms with Gasteiger partial charge < -0.3 is 0 Å². The molecule has 0 atom stereocenters. The largest absolute Gasteiger partial charge is 0.295 e. The van der Waals surface area contributed by atoms with Gasteiger partial charge in [0.2, 0.25) is 0 Å². The van der Waals surface area contributed by atoms with Crippen LogP contribution in [-0.4, -0.2) is 5.78 Å². The third kappa shape index (κ3) is 4.31. The molecule has 1 heteroatoms. The van der Waals surface area contributed by atoms with Crippen LogP contribution in [0.4, 0.5) is 0 Å². The summed E-state index contributed by atoms with van der Waals surface area (Å²) in [6, 6.07) is 0. The monoisotopic (exact) mass is 150 g/mol. The van der Waals surface area contributed by atoms with Gasteiger partial charge in [0.05, 0.1) is 0 Å². The first-order valence-corrected chi connectivity index (χ1v) is 3.65. The molecule has 0 bridgehead atoms. The predicted molar refractivity (Wildman–Crippen MR) is 48.4 cm³/mol. The highest BCUT2D eigenvalue weighted by atomic mass is 16.1. The minimum atomic E-state index is 0.117. The lowest BCUT2D eigenvalue weighted by molar-refractivity contribution is -0.113. The topological polar surface area (TPSA) is 17.1 Å². The highest BCUT2D eigenvalue weighted by Crippen LogP contribution is 2.06. The smallest absolute Gasteiger partial charge is 0.155 e. The lowest BCUT2D eigenvalue weighted by atomic mass is 10.1. The molecule has 11 heavy (non-hydrogen) atoms. The van der Waals surface area contributed by atoms with Gasteiger partial charge in [0, 0.05) is 0 Å². The first-order valence-electron chi connectivity index (χ1n) is 3.65. The van der Waals surface area contributed by atoms with Gasteiger partial charge in [0.25, 0.3) is 0 Å². The molecule has 0 aliphatic carbocycles. The van der Waals surface area contributed by atoms with E-state index in [0.29, 0.717) is 0 Å². The zero-order chi connectivity index (χ0) is 8.69. The van der Waals surface area contributed by atoms with Crippen molar-refractivity contribution in [2.24, 2.45) is 0 Å². The van der Waals surface area contributed by atoms with Crippen molar-refractivity contribution in [3.05, 3.63) is 37.0 Å². The lowest BCUT2D eigenvalue weighted by Crippen LogP contribution is -1.95. The van der Waals surface area contributed by atoms with Crippen molar-refractivity contribution in [3.8, 4) is 0 Å². The summed E-state index contributed by atoms with van der Waals surface area (Å²) < 4.78 is 0. The summed E-state index contributed by atoms with van der Waals surface area (Å²) in [5, 5.41) is 0. The Morgan fingerprint density at radius 2 is 2.09 bits per heavy atom. The molecule has 0 amide bonds. The number of rotatable bonds is 5. The summed E-state index contributed by atoms with van der Waals surface area (Å²) >= 11 is 0. The van der Waals surface area contributed by atoms with Gasteiger partial charge in [-0.15, -0.1) is 6.58 Å². The summed E-state index contributed by atoms with van der Waals surface area (Å²) in [5.41, 5.74) is 0.819. The highest BCUT2D eigenvalue weighted by Gasteiger charge is 1.99. The molecule has 0 aliphatic heterocycles. The van der Waals surface area contributed by atoms with E-state index >= 15 is 0 Å². The Labute approximate surface area is 68.1 Å². The summed E-state index contributed by atoms with van der Waals surface area (Å²) in [6.07, 6.45) is 6.82. The SMILES string of the molecule is C=C/C=C(\CCC=C)C(C)=O. The van der Waals surface area contributed by atoms with Gasteiger partial charge in [0.15, 0.2) is 5.78 Å². The molecule has 0 aliphatic rings. The molecule has 0 radical (unpaired) electrons. The molecule has 0 unspecified atom stereocenters. The minimum absolute atomic E-state index is 0.117. The van der Waals surface area contributed by atoms with E-state index in [1.54, 1.807) is 25.2 Å². The van der Waals surface area contributed by atoms with E-state index in [1.165, 1.54) is 0 Å². The maximum Gasteiger partial charge on any atom is 0.155 e. The van der Waals surface area contributed by atoms with Crippen LogP contribution >= 0.6 is 0 Å². The first kappa shape index (κ1) is 9.89. The number of Topliss-reactive ketones (excluding diaryl/α,β-unsaturated/α-hetero) is 1. The van der Waals surface area contributed by atoms with Crippen molar-refractivity contribution in [2.75, 3.05) is 0 Å². The van der Waals surface area contributed by atoms with Crippen LogP contribution in [0, 0.1) is 0 Å². The fraction of sp³-hybridized carbons (Fsp3) is 0.300. The summed E-state index contributed by atoms with van der Waals surface area (Å²) in [5.74, 6) is 0.117.